The molecule has 0 saturated heterocycles. The molecule has 118 valence electrons. The molecule has 0 atom stereocenters. The summed E-state index contributed by atoms with van der Waals surface area (Å²) in [6.07, 6.45) is 1.91. The fraction of sp³-hybridized carbons (Fsp3) is 0.462. The van der Waals surface area contributed by atoms with Gasteiger partial charge in [-0.25, -0.2) is 13.2 Å². The molecule has 0 spiro atoms. The number of anilines is 2. The number of hydrogen-bond donors (Lipinski definition) is 2. The predicted octanol–water partition coefficient (Wildman–Crippen LogP) is 2.29. The lowest BCUT2D eigenvalue weighted by Gasteiger charge is -2.06. The van der Waals surface area contributed by atoms with Gasteiger partial charge in [0, 0.05) is 6.54 Å². The first-order valence-corrected chi connectivity index (χ1v) is 8.82. The van der Waals surface area contributed by atoms with Gasteiger partial charge < -0.3 is 15.8 Å². The van der Waals surface area contributed by atoms with Crippen LogP contribution < -0.4 is 11.1 Å². The van der Waals surface area contributed by atoms with Gasteiger partial charge in [-0.05, 0) is 13.8 Å². The number of rotatable bonds is 6. The summed E-state index contributed by atoms with van der Waals surface area (Å²) in [5, 5.41) is 3.37. The molecule has 0 unspecified atom stereocenters. The Morgan fingerprint density at radius 1 is 1.43 bits per heavy atom. The summed E-state index contributed by atoms with van der Waals surface area (Å²) < 4.78 is 29.0. The number of carbonyl (C=O) groups excluding carboxylic acids is 1. The minimum Gasteiger partial charge on any atom is -0.465 e. The van der Waals surface area contributed by atoms with Crippen LogP contribution in [0.1, 0.15) is 30.4 Å². The number of nitrogens with one attached hydrogen (secondary N) is 1. The molecular weight excluding hydrogens is 312 g/mol. The number of thiophene rings is 1. The largest absolute Gasteiger partial charge is 0.465 e. The maximum absolute atomic E-state index is 12.2. The second kappa shape index (κ2) is 6.95. The van der Waals surface area contributed by atoms with Gasteiger partial charge in [-0.3, -0.25) is 0 Å². The van der Waals surface area contributed by atoms with E-state index in [0.29, 0.717) is 11.5 Å². The Labute approximate surface area is 128 Å². The van der Waals surface area contributed by atoms with E-state index in [4.69, 9.17) is 5.73 Å². The Bertz CT molecular complexity index is 656. The van der Waals surface area contributed by atoms with Crippen LogP contribution in [0, 0.1) is 0 Å². The van der Waals surface area contributed by atoms with Crippen molar-refractivity contribution in [1.82, 2.24) is 0 Å². The third-order valence-electron chi connectivity index (χ3n) is 2.73. The van der Waals surface area contributed by atoms with Crippen LogP contribution in [0.5, 0.6) is 0 Å². The number of ether oxygens (including phenoxy) is 1. The molecule has 3 N–H and O–H groups in total. The topological polar surface area (TPSA) is 98.5 Å². The second-order valence-electron chi connectivity index (χ2n) is 4.56. The smallest absolute Gasteiger partial charge is 0.350 e. The molecule has 8 heteroatoms. The molecule has 1 heterocycles. The number of nitrogen functional groups attached to an aromatic ring is 1. The zero-order valence-corrected chi connectivity index (χ0v) is 14.2. The summed E-state index contributed by atoms with van der Waals surface area (Å²) >= 11 is 0.994. The maximum atomic E-state index is 12.2. The van der Waals surface area contributed by atoms with Crippen molar-refractivity contribution in [3.63, 3.8) is 0 Å². The second-order valence-corrected chi connectivity index (χ2v) is 7.80. The molecule has 1 aromatic rings. The Hall–Kier alpha value is -1.54. The molecular formula is C13H20N2O4S2. The standard InChI is InChI=1S/C13H20N2O4S2/c1-5-21(17,18)11-9(14)10(13(16)19-4)20-12(11)15-7-6-8(2)3/h6,15H,5,7,14H2,1-4H3. The first-order valence-electron chi connectivity index (χ1n) is 6.35. The summed E-state index contributed by atoms with van der Waals surface area (Å²) in [6, 6.07) is 0. The number of esters is 1. The zero-order chi connectivity index (χ0) is 16.2. The molecule has 0 fully saturated rings. The normalized spacial score (nSPS) is 11.0. The van der Waals surface area contributed by atoms with Crippen LogP contribution in [0.2, 0.25) is 0 Å². The van der Waals surface area contributed by atoms with Crippen LogP contribution in [0.3, 0.4) is 0 Å². The van der Waals surface area contributed by atoms with E-state index in [2.05, 4.69) is 10.1 Å². The molecule has 0 aromatic carbocycles. The Morgan fingerprint density at radius 2 is 2.05 bits per heavy atom. The van der Waals surface area contributed by atoms with Gasteiger partial charge >= 0.3 is 5.97 Å². The van der Waals surface area contributed by atoms with Crippen molar-refractivity contribution >= 4 is 37.8 Å². The van der Waals surface area contributed by atoms with Crippen molar-refractivity contribution in [3.8, 4) is 0 Å². The molecule has 0 bridgehead atoms. The van der Waals surface area contributed by atoms with Crippen molar-refractivity contribution in [2.24, 2.45) is 0 Å². The number of nitrogens with two attached hydrogens (primary N) is 1. The fourth-order valence-corrected chi connectivity index (χ4v) is 4.18. The first-order chi connectivity index (χ1) is 9.74. The van der Waals surface area contributed by atoms with Gasteiger partial charge in [-0.1, -0.05) is 18.6 Å². The third-order valence-corrected chi connectivity index (χ3v) is 5.81. The van der Waals surface area contributed by atoms with Crippen LogP contribution in [-0.4, -0.2) is 33.8 Å². The summed E-state index contributed by atoms with van der Waals surface area (Å²) in [5.41, 5.74) is 6.90. The van der Waals surface area contributed by atoms with Gasteiger partial charge in [-0.2, -0.15) is 0 Å². The van der Waals surface area contributed by atoms with E-state index >= 15 is 0 Å². The van der Waals surface area contributed by atoms with E-state index in [1.54, 1.807) is 0 Å². The summed E-state index contributed by atoms with van der Waals surface area (Å²) in [4.78, 5) is 11.8. The van der Waals surface area contributed by atoms with Gasteiger partial charge in [0.2, 0.25) is 0 Å². The molecule has 1 rings (SSSR count). The molecule has 21 heavy (non-hydrogen) atoms. The lowest BCUT2D eigenvalue weighted by Crippen LogP contribution is -2.10. The maximum Gasteiger partial charge on any atom is 0.350 e. The molecule has 6 nitrogen and oxygen atoms in total. The molecule has 1 aromatic heterocycles. The Morgan fingerprint density at radius 3 is 2.52 bits per heavy atom. The van der Waals surface area contributed by atoms with Crippen molar-refractivity contribution in [3.05, 3.63) is 16.5 Å². The van der Waals surface area contributed by atoms with E-state index in [9.17, 15) is 13.2 Å². The molecule has 0 aliphatic heterocycles. The number of methoxy groups -OCH3 is 1. The first kappa shape index (κ1) is 17.5. The monoisotopic (exact) mass is 332 g/mol. The minimum atomic E-state index is -3.54. The van der Waals surface area contributed by atoms with Crippen LogP contribution >= 0.6 is 11.3 Å². The zero-order valence-electron chi connectivity index (χ0n) is 12.5. The lowest BCUT2D eigenvalue weighted by molar-refractivity contribution is 0.0607. The van der Waals surface area contributed by atoms with Crippen LogP contribution in [0.4, 0.5) is 10.7 Å². The van der Waals surface area contributed by atoms with Gasteiger partial charge in [0.05, 0.1) is 18.6 Å². The van der Waals surface area contributed by atoms with Crippen molar-refractivity contribution in [2.45, 2.75) is 25.7 Å². The van der Waals surface area contributed by atoms with Gasteiger partial charge in [0.1, 0.15) is 14.8 Å². The quantitative estimate of drug-likeness (QED) is 0.612. The third kappa shape index (κ3) is 3.98. The number of sulfone groups is 1. The van der Waals surface area contributed by atoms with Crippen LogP contribution in [0.25, 0.3) is 0 Å². The highest BCUT2D eigenvalue weighted by atomic mass is 32.2. The SMILES string of the molecule is CCS(=O)(=O)c1c(NCC=C(C)C)sc(C(=O)OC)c1N. The van der Waals surface area contributed by atoms with Crippen molar-refractivity contribution < 1.29 is 17.9 Å². The lowest BCUT2D eigenvalue weighted by atomic mass is 10.3. The molecule has 0 aliphatic carbocycles. The minimum absolute atomic E-state index is 0.0162. The van der Waals surface area contributed by atoms with E-state index in [1.807, 2.05) is 19.9 Å². The van der Waals surface area contributed by atoms with Crippen LogP contribution in [-0.2, 0) is 14.6 Å². The molecule has 0 radical (unpaired) electrons. The van der Waals surface area contributed by atoms with E-state index in [-0.39, 0.29) is 21.2 Å². The molecule has 0 saturated carbocycles. The number of carbonyl (C=O) groups is 1. The van der Waals surface area contributed by atoms with Crippen molar-refractivity contribution in [1.29, 1.82) is 0 Å². The van der Waals surface area contributed by atoms with Gasteiger partial charge in [-0.15, -0.1) is 11.3 Å². The highest BCUT2D eigenvalue weighted by Crippen LogP contribution is 2.40. The summed E-state index contributed by atoms with van der Waals surface area (Å²) in [5.74, 6) is -0.730. The number of hydrogen-bond acceptors (Lipinski definition) is 7. The highest BCUT2D eigenvalue weighted by molar-refractivity contribution is 7.91. The summed E-state index contributed by atoms with van der Waals surface area (Å²) in [7, 11) is -2.31. The molecule has 0 aliphatic rings. The predicted molar refractivity (Wildman–Crippen MR) is 85.7 cm³/mol. The Balaban J connectivity index is 3.34. The average Bonchev–Trinajstić information content (AvgIpc) is 2.75. The van der Waals surface area contributed by atoms with E-state index in [0.717, 1.165) is 16.9 Å². The van der Waals surface area contributed by atoms with Gasteiger partial charge in [0.25, 0.3) is 0 Å². The van der Waals surface area contributed by atoms with Crippen molar-refractivity contribution in [2.75, 3.05) is 30.5 Å². The highest BCUT2D eigenvalue weighted by Gasteiger charge is 2.28. The van der Waals surface area contributed by atoms with E-state index in [1.165, 1.54) is 14.0 Å². The van der Waals surface area contributed by atoms with Crippen LogP contribution in [0.15, 0.2) is 16.5 Å². The average molecular weight is 332 g/mol. The summed E-state index contributed by atoms with van der Waals surface area (Å²) in [6.45, 7) is 5.86. The Kier molecular flexibility index (Phi) is 5.79. The fourth-order valence-electron chi connectivity index (χ4n) is 1.59. The van der Waals surface area contributed by atoms with E-state index < -0.39 is 15.8 Å². The molecule has 0 amide bonds. The number of allylic oxidation sites excluding steroid dienone is 1. The van der Waals surface area contributed by atoms with Gasteiger partial charge in [0.15, 0.2) is 9.84 Å².